The molecule has 0 spiro atoms. The molecule has 1 heterocycles. The van der Waals surface area contributed by atoms with E-state index in [1.807, 2.05) is 0 Å². The molecule has 4 amide bonds. The monoisotopic (exact) mass is 545 g/mol. The number of benzene rings is 1. The molecule has 39 heavy (non-hydrogen) atoms. The van der Waals surface area contributed by atoms with Gasteiger partial charge >= 0.3 is 5.97 Å². The lowest BCUT2D eigenvalue weighted by atomic mass is 9.97. The van der Waals surface area contributed by atoms with Crippen LogP contribution in [0.25, 0.3) is 0 Å². The number of aliphatic carboxylic acids is 1. The van der Waals surface area contributed by atoms with Gasteiger partial charge in [-0.05, 0) is 23.6 Å². The van der Waals surface area contributed by atoms with Crippen LogP contribution in [0.2, 0.25) is 0 Å². The Bertz CT molecular complexity index is 1140. The zero-order chi connectivity index (χ0) is 29.1. The third-order valence-corrected chi connectivity index (χ3v) is 6.15. The number of rotatable bonds is 15. The molecule has 0 saturated carbocycles. The Morgan fingerprint density at radius 2 is 1.62 bits per heavy atom. The molecule has 0 radical (unpaired) electrons. The summed E-state index contributed by atoms with van der Waals surface area (Å²) in [5.41, 5.74) is 11.9. The lowest BCUT2D eigenvalue weighted by molar-refractivity contribution is -0.142. The maximum absolute atomic E-state index is 13.3. The second-order valence-corrected chi connectivity index (χ2v) is 9.26. The van der Waals surface area contributed by atoms with Crippen LogP contribution < -0.4 is 27.4 Å². The Labute approximate surface area is 224 Å². The third-order valence-electron chi connectivity index (χ3n) is 6.15. The van der Waals surface area contributed by atoms with Gasteiger partial charge in [-0.3, -0.25) is 19.2 Å². The number of nitrogens with two attached hydrogens (primary N) is 2. The number of H-pyrrole nitrogens is 1. The Hall–Kier alpha value is -4.46. The predicted molar refractivity (Wildman–Crippen MR) is 139 cm³/mol. The average molecular weight is 546 g/mol. The highest BCUT2D eigenvalue weighted by molar-refractivity contribution is 5.95. The predicted octanol–water partition coefficient (Wildman–Crippen LogP) is -1.31. The van der Waals surface area contributed by atoms with Gasteiger partial charge < -0.3 is 42.6 Å². The highest BCUT2D eigenvalue weighted by atomic mass is 16.4. The molecule has 5 unspecified atom stereocenters. The smallest absolute Gasteiger partial charge is 0.326 e. The van der Waals surface area contributed by atoms with Gasteiger partial charge in [0.15, 0.2) is 0 Å². The molecule has 0 bridgehead atoms. The van der Waals surface area contributed by atoms with Crippen LogP contribution in [-0.4, -0.2) is 73.9 Å². The van der Waals surface area contributed by atoms with E-state index >= 15 is 0 Å². The van der Waals surface area contributed by atoms with E-state index in [0.717, 1.165) is 0 Å². The van der Waals surface area contributed by atoms with E-state index in [-0.39, 0.29) is 24.5 Å². The number of carboxylic acid groups (broad SMARTS) is 1. The normalized spacial score (nSPS) is 14.7. The van der Waals surface area contributed by atoms with Crippen LogP contribution in [0.1, 0.15) is 37.9 Å². The van der Waals surface area contributed by atoms with Crippen molar-refractivity contribution in [1.29, 1.82) is 0 Å². The maximum atomic E-state index is 13.3. The van der Waals surface area contributed by atoms with Crippen molar-refractivity contribution in [2.75, 3.05) is 0 Å². The molecule has 14 nitrogen and oxygen atoms in total. The zero-order valence-corrected chi connectivity index (χ0v) is 21.7. The highest BCUT2D eigenvalue weighted by Gasteiger charge is 2.33. The van der Waals surface area contributed by atoms with Crippen LogP contribution in [-0.2, 0) is 36.8 Å². The number of carbonyl (C=O) groups is 5. The van der Waals surface area contributed by atoms with Gasteiger partial charge in [-0.1, -0.05) is 32.4 Å². The van der Waals surface area contributed by atoms with Crippen LogP contribution in [0.3, 0.4) is 0 Å². The molecular formula is C25H35N7O7. The van der Waals surface area contributed by atoms with Gasteiger partial charge in [-0.25, -0.2) is 9.78 Å². The van der Waals surface area contributed by atoms with E-state index in [9.17, 15) is 34.2 Å². The van der Waals surface area contributed by atoms with Crippen molar-refractivity contribution in [1.82, 2.24) is 25.9 Å². The lowest BCUT2D eigenvalue weighted by Crippen LogP contribution is -2.59. The highest BCUT2D eigenvalue weighted by Crippen LogP contribution is 2.13. The summed E-state index contributed by atoms with van der Waals surface area (Å²) in [4.78, 5) is 68.8. The summed E-state index contributed by atoms with van der Waals surface area (Å²) in [7, 11) is 0. The van der Waals surface area contributed by atoms with Crippen molar-refractivity contribution < 1.29 is 34.2 Å². The number of hydrogen-bond donors (Lipinski definition) is 8. The summed E-state index contributed by atoms with van der Waals surface area (Å²) in [6, 6.07) is 0.926. The Morgan fingerprint density at radius 1 is 0.974 bits per heavy atom. The molecule has 5 atom stereocenters. The van der Waals surface area contributed by atoms with Crippen LogP contribution in [0.5, 0.6) is 5.75 Å². The number of nitrogens with one attached hydrogen (secondary N) is 4. The summed E-state index contributed by atoms with van der Waals surface area (Å²) in [5.74, 6) is -4.68. The van der Waals surface area contributed by atoms with Gasteiger partial charge in [-0.2, -0.15) is 0 Å². The minimum Gasteiger partial charge on any atom is -0.508 e. The first-order chi connectivity index (χ1) is 18.4. The summed E-state index contributed by atoms with van der Waals surface area (Å²) < 4.78 is 0. The molecule has 14 heteroatoms. The van der Waals surface area contributed by atoms with Crippen molar-refractivity contribution in [2.45, 2.75) is 63.7 Å². The average Bonchev–Trinajstić information content (AvgIpc) is 3.39. The van der Waals surface area contributed by atoms with Crippen LogP contribution in [0.4, 0.5) is 0 Å². The molecule has 2 aromatic rings. The number of hydrogen-bond acceptors (Lipinski definition) is 8. The topological polar surface area (TPSA) is 243 Å². The molecule has 0 aliphatic heterocycles. The summed E-state index contributed by atoms with van der Waals surface area (Å²) in [6.45, 7) is 3.52. The van der Waals surface area contributed by atoms with E-state index in [2.05, 4.69) is 25.9 Å². The van der Waals surface area contributed by atoms with Crippen molar-refractivity contribution in [3.8, 4) is 5.75 Å². The second kappa shape index (κ2) is 14.5. The molecule has 212 valence electrons. The molecule has 0 aliphatic carbocycles. The standard InChI is InChI=1S/C25H35N7O7/c1-3-13(2)21(32-22(35)17(26)10-20(27)34)24(37)30-18(9-15-11-28-12-29-15)23(36)31-19(25(38)39)8-14-4-6-16(33)7-5-14/h4-7,11-13,17-19,21,33H,3,8-10,26H2,1-2H3,(H2,27,34)(H,28,29)(H,30,37)(H,31,36)(H,32,35)(H,38,39). The number of phenolic OH excluding ortho intramolecular Hbond substituents is 1. The Kier molecular flexibility index (Phi) is 11.4. The number of carboxylic acids is 1. The molecule has 1 aromatic carbocycles. The van der Waals surface area contributed by atoms with Crippen molar-refractivity contribution >= 4 is 29.6 Å². The van der Waals surface area contributed by atoms with E-state index in [1.54, 1.807) is 13.8 Å². The molecule has 0 aliphatic rings. The van der Waals surface area contributed by atoms with Gasteiger partial charge in [-0.15, -0.1) is 0 Å². The van der Waals surface area contributed by atoms with E-state index in [1.165, 1.54) is 36.8 Å². The first-order valence-corrected chi connectivity index (χ1v) is 12.3. The maximum Gasteiger partial charge on any atom is 0.326 e. The number of nitrogens with zero attached hydrogens (tertiary/aromatic N) is 1. The molecule has 2 rings (SSSR count). The fraction of sp³-hybridized carbons (Fsp3) is 0.440. The van der Waals surface area contributed by atoms with E-state index < -0.39 is 60.2 Å². The number of primary amides is 1. The minimum atomic E-state index is -1.33. The van der Waals surface area contributed by atoms with Crippen molar-refractivity contribution in [2.24, 2.45) is 17.4 Å². The Balaban J connectivity index is 2.23. The van der Waals surface area contributed by atoms with Gasteiger partial charge in [0.25, 0.3) is 0 Å². The summed E-state index contributed by atoms with van der Waals surface area (Å²) >= 11 is 0. The fourth-order valence-corrected chi connectivity index (χ4v) is 3.70. The summed E-state index contributed by atoms with van der Waals surface area (Å²) in [5, 5.41) is 26.7. The molecule has 1 aromatic heterocycles. The van der Waals surface area contributed by atoms with Gasteiger partial charge in [0.2, 0.25) is 23.6 Å². The lowest BCUT2D eigenvalue weighted by Gasteiger charge is -2.27. The van der Waals surface area contributed by atoms with Gasteiger partial charge in [0.05, 0.1) is 18.8 Å². The van der Waals surface area contributed by atoms with Crippen LogP contribution in [0, 0.1) is 5.92 Å². The first-order valence-electron chi connectivity index (χ1n) is 12.3. The fourth-order valence-electron chi connectivity index (χ4n) is 3.70. The summed E-state index contributed by atoms with van der Waals surface area (Å²) in [6.07, 6.45) is 2.78. The van der Waals surface area contributed by atoms with Crippen molar-refractivity contribution in [3.63, 3.8) is 0 Å². The van der Waals surface area contributed by atoms with Gasteiger partial charge in [0.1, 0.15) is 23.9 Å². The molecule has 10 N–H and O–H groups in total. The minimum absolute atomic E-state index is 0.00975. The third kappa shape index (κ3) is 9.74. The van der Waals surface area contributed by atoms with E-state index in [4.69, 9.17) is 11.5 Å². The zero-order valence-electron chi connectivity index (χ0n) is 21.7. The molecule has 0 saturated heterocycles. The number of imidazole rings is 1. The molecular weight excluding hydrogens is 510 g/mol. The number of aromatic amines is 1. The van der Waals surface area contributed by atoms with Crippen LogP contribution in [0.15, 0.2) is 36.8 Å². The van der Waals surface area contributed by atoms with Crippen LogP contribution >= 0.6 is 0 Å². The molecule has 0 fully saturated rings. The number of carbonyl (C=O) groups excluding carboxylic acids is 4. The van der Waals surface area contributed by atoms with E-state index in [0.29, 0.717) is 17.7 Å². The Morgan fingerprint density at radius 3 is 2.15 bits per heavy atom. The second-order valence-electron chi connectivity index (χ2n) is 9.26. The van der Waals surface area contributed by atoms with Gasteiger partial charge in [0, 0.05) is 24.7 Å². The van der Waals surface area contributed by atoms with Crippen molar-refractivity contribution in [3.05, 3.63) is 48.0 Å². The number of aromatic nitrogens is 2. The number of aromatic hydroxyl groups is 1. The largest absolute Gasteiger partial charge is 0.508 e. The quantitative estimate of drug-likeness (QED) is 0.132. The number of amides is 4. The first kappa shape index (κ1) is 30.8. The number of phenols is 1. The SMILES string of the molecule is CCC(C)C(NC(=O)C(N)CC(N)=O)C(=O)NC(Cc1cnc[nH]1)C(=O)NC(Cc1ccc(O)cc1)C(=O)O.